The lowest BCUT2D eigenvalue weighted by Crippen LogP contribution is -2.14. The SMILES string of the molecule is C=CCc1cccc(C(=O)OC)c1C(=O)OC. The molecule has 0 bridgehead atoms. The molecule has 0 unspecified atom stereocenters. The maximum atomic E-state index is 11.7. The second kappa shape index (κ2) is 5.84. The van der Waals surface area contributed by atoms with Crippen molar-refractivity contribution in [1.29, 1.82) is 0 Å². The largest absolute Gasteiger partial charge is 0.465 e. The van der Waals surface area contributed by atoms with E-state index >= 15 is 0 Å². The summed E-state index contributed by atoms with van der Waals surface area (Å²) in [5, 5.41) is 0. The van der Waals surface area contributed by atoms with Crippen LogP contribution < -0.4 is 0 Å². The molecule has 17 heavy (non-hydrogen) atoms. The first-order valence-corrected chi connectivity index (χ1v) is 5.05. The van der Waals surface area contributed by atoms with Gasteiger partial charge in [-0.15, -0.1) is 6.58 Å². The van der Waals surface area contributed by atoms with E-state index in [1.54, 1.807) is 18.2 Å². The summed E-state index contributed by atoms with van der Waals surface area (Å²) in [5.74, 6) is -1.11. The Balaban J connectivity index is 3.38. The number of esters is 2. The lowest BCUT2D eigenvalue weighted by atomic mass is 9.98. The molecule has 4 heteroatoms. The van der Waals surface area contributed by atoms with E-state index in [4.69, 9.17) is 0 Å². The third-order valence-corrected chi connectivity index (χ3v) is 2.31. The highest BCUT2D eigenvalue weighted by Gasteiger charge is 2.21. The third-order valence-electron chi connectivity index (χ3n) is 2.31. The van der Waals surface area contributed by atoms with Crippen LogP contribution in [-0.4, -0.2) is 26.2 Å². The summed E-state index contributed by atoms with van der Waals surface area (Å²) in [6, 6.07) is 4.97. The molecule has 0 spiro atoms. The summed E-state index contributed by atoms with van der Waals surface area (Å²) >= 11 is 0. The number of carbonyl (C=O) groups excluding carboxylic acids is 2. The van der Waals surface area contributed by atoms with Crippen molar-refractivity contribution >= 4 is 11.9 Å². The van der Waals surface area contributed by atoms with Crippen LogP contribution in [0.5, 0.6) is 0 Å². The fourth-order valence-electron chi connectivity index (χ4n) is 1.55. The van der Waals surface area contributed by atoms with Crippen LogP contribution in [0.25, 0.3) is 0 Å². The van der Waals surface area contributed by atoms with Crippen molar-refractivity contribution in [3.8, 4) is 0 Å². The maximum absolute atomic E-state index is 11.7. The minimum Gasteiger partial charge on any atom is -0.465 e. The Labute approximate surface area is 99.8 Å². The Morgan fingerprint density at radius 1 is 1.24 bits per heavy atom. The normalized spacial score (nSPS) is 9.53. The first-order valence-electron chi connectivity index (χ1n) is 5.05. The second-order valence-corrected chi connectivity index (χ2v) is 3.32. The Kier molecular flexibility index (Phi) is 4.46. The van der Waals surface area contributed by atoms with Crippen LogP contribution in [0, 0.1) is 0 Å². The average molecular weight is 234 g/mol. The lowest BCUT2D eigenvalue weighted by Gasteiger charge is -2.10. The van der Waals surface area contributed by atoms with E-state index in [1.165, 1.54) is 20.3 Å². The van der Waals surface area contributed by atoms with Gasteiger partial charge in [-0.1, -0.05) is 18.2 Å². The summed E-state index contributed by atoms with van der Waals surface area (Å²) in [4.78, 5) is 23.2. The van der Waals surface area contributed by atoms with Crippen molar-refractivity contribution < 1.29 is 19.1 Å². The molecule has 0 saturated carbocycles. The molecule has 0 atom stereocenters. The molecule has 0 aliphatic carbocycles. The van der Waals surface area contributed by atoms with Crippen LogP contribution in [0.15, 0.2) is 30.9 Å². The van der Waals surface area contributed by atoms with Gasteiger partial charge in [-0.05, 0) is 18.1 Å². The molecule has 0 aliphatic rings. The highest BCUT2D eigenvalue weighted by molar-refractivity contribution is 6.04. The number of benzene rings is 1. The van der Waals surface area contributed by atoms with E-state index in [0.717, 1.165) is 0 Å². The van der Waals surface area contributed by atoms with Gasteiger partial charge in [0, 0.05) is 0 Å². The predicted molar refractivity (Wildman–Crippen MR) is 63.0 cm³/mol. The summed E-state index contributed by atoms with van der Waals surface area (Å²) in [7, 11) is 2.54. The van der Waals surface area contributed by atoms with Crippen molar-refractivity contribution in [2.45, 2.75) is 6.42 Å². The van der Waals surface area contributed by atoms with Gasteiger partial charge in [0.05, 0.1) is 25.3 Å². The molecule has 0 N–H and O–H groups in total. The van der Waals surface area contributed by atoms with E-state index in [9.17, 15) is 9.59 Å². The molecule has 0 aliphatic heterocycles. The van der Waals surface area contributed by atoms with Gasteiger partial charge in [0.2, 0.25) is 0 Å². The third kappa shape index (κ3) is 2.72. The maximum Gasteiger partial charge on any atom is 0.339 e. The first kappa shape index (κ1) is 13.0. The van der Waals surface area contributed by atoms with Gasteiger partial charge < -0.3 is 9.47 Å². The van der Waals surface area contributed by atoms with E-state index in [2.05, 4.69) is 16.1 Å². The van der Waals surface area contributed by atoms with Crippen LogP contribution in [-0.2, 0) is 15.9 Å². The molecule has 90 valence electrons. The summed E-state index contributed by atoms with van der Waals surface area (Å²) in [5.41, 5.74) is 1.13. The smallest absolute Gasteiger partial charge is 0.339 e. The van der Waals surface area contributed by atoms with Crippen molar-refractivity contribution in [3.05, 3.63) is 47.5 Å². The molecular weight excluding hydrogens is 220 g/mol. The molecule has 1 aromatic carbocycles. The summed E-state index contributed by atoms with van der Waals surface area (Å²) in [6.45, 7) is 3.61. The minimum absolute atomic E-state index is 0.207. The van der Waals surface area contributed by atoms with Crippen LogP contribution >= 0.6 is 0 Å². The van der Waals surface area contributed by atoms with Gasteiger partial charge in [-0.3, -0.25) is 0 Å². The molecule has 0 saturated heterocycles. The Bertz CT molecular complexity index is 449. The fraction of sp³-hybridized carbons (Fsp3) is 0.231. The summed E-state index contributed by atoms with van der Waals surface area (Å²) in [6.07, 6.45) is 2.14. The summed E-state index contributed by atoms with van der Waals surface area (Å²) < 4.78 is 9.31. The number of hydrogen-bond donors (Lipinski definition) is 0. The van der Waals surface area contributed by atoms with Gasteiger partial charge in [-0.2, -0.15) is 0 Å². The van der Waals surface area contributed by atoms with Gasteiger partial charge >= 0.3 is 11.9 Å². The number of hydrogen-bond acceptors (Lipinski definition) is 4. The minimum atomic E-state index is -0.559. The second-order valence-electron chi connectivity index (χ2n) is 3.32. The zero-order chi connectivity index (χ0) is 12.8. The molecule has 0 radical (unpaired) electrons. The highest BCUT2D eigenvalue weighted by Crippen LogP contribution is 2.18. The highest BCUT2D eigenvalue weighted by atomic mass is 16.5. The Hall–Kier alpha value is -2.10. The van der Waals surface area contributed by atoms with Gasteiger partial charge in [0.25, 0.3) is 0 Å². The molecule has 0 aromatic heterocycles. The molecule has 0 heterocycles. The predicted octanol–water partition coefficient (Wildman–Crippen LogP) is 1.99. The number of rotatable bonds is 4. The first-order chi connectivity index (χ1) is 8.15. The monoisotopic (exact) mass is 234 g/mol. The van der Waals surface area contributed by atoms with Crippen molar-refractivity contribution in [1.82, 2.24) is 0 Å². The molecular formula is C13H14O4. The van der Waals surface area contributed by atoms with Crippen LogP contribution in [0.1, 0.15) is 26.3 Å². The van der Waals surface area contributed by atoms with Crippen LogP contribution in [0.4, 0.5) is 0 Å². The fourth-order valence-corrected chi connectivity index (χ4v) is 1.55. The van der Waals surface area contributed by atoms with E-state index in [0.29, 0.717) is 12.0 Å². The van der Waals surface area contributed by atoms with Crippen molar-refractivity contribution in [3.63, 3.8) is 0 Å². The zero-order valence-corrected chi connectivity index (χ0v) is 9.86. The van der Waals surface area contributed by atoms with E-state index < -0.39 is 11.9 Å². The number of carbonyl (C=O) groups is 2. The molecule has 1 aromatic rings. The zero-order valence-electron chi connectivity index (χ0n) is 9.86. The lowest BCUT2D eigenvalue weighted by molar-refractivity contribution is 0.0554. The number of ether oxygens (including phenoxy) is 2. The molecule has 0 fully saturated rings. The quantitative estimate of drug-likeness (QED) is 0.590. The number of methoxy groups -OCH3 is 2. The Morgan fingerprint density at radius 3 is 2.41 bits per heavy atom. The molecule has 1 rings (SSSR count). The van der Waals surface area contributed by atoms with Gasteiger partial charge in [0.1, 0.15) is 0 Å². The average Bonchev–Trinajstić information content (AvgIpc) is 2.37. The molecule has 0 amide bonds. The standard InChI is InChI=1S/C13H14O4/c1-4-6-9-7-5-8-10(12(14)16-2)11(9)13(15)17-3/h4-5,7-8H,1,6H2,2-3H3. The van der Waals surface area contributed by atoms with Gasteiger partial charge in [-0.25, -0.2) is 9.59 Å². The van der Waals surface area contributed by atoms with E-state index in [1.807, 2.05) is 0 Å². The molecule has 4 nitrogen and oxygen atoms in total. The van der Waals surface area contributed by atoms with E-state index in [-0.39, 0.29) is 11.1 Å². The number of allylic oxidation sites excluding steroid dienone is 1. The van der Waals surface area contributed by atoms with Crippen molar-refractivity contribution in [2.75, 3.05) is 14.2 Å². The van der Waals surface area contributed by atoms with Crippen LogP contribution in [0.3, 0.4) is 0 Å². The Morgan fingerprint density at radius 2 is 1.88 bits per heavy atom. The van der Waals surface area contributed by atoms with Crippen molar-refractivity contribution in [2.24, 2.45) is 0 Å². The van der Waals surface area contributed by atoms with Crippen LogP contribution in [0.2, 0.25) is 0 Å². The van der Waals surface area contributed by atoms with Gasteiger partial charge in [0.15, 0.2) is 0 Å². The topological polar surface area (TPSA) is 52.6 Å².